The average molecular weight is 486 g/mol. The first-order valence-electron chi connectivity index (χ1n) is 8.80. The van der Waals surface area contributed by atoms with Gasteiger partial charge in [-0.1, -0.05) is 12.2 Å². The van der Waals surface area contributed by atoms with E-state index in [1.54, 1.807) is 0 Å². The van der Waals surface area contributed by atoms with Gasteiger partial charge in [0.15, 0.2) is 11.6 Å². The molecule has 4 rings (SSSR count). The fourth-order valence-corrected chi connectivity index (χ4v) is 3.97. The van der Waals surface area contributed by atoms with E-state index in [1.807, 2.05) is 0 Å². The lowest BCUT2D eigenvalue weighted by atomic mass is 10.2. The Morgan fingerprint density at radius 3 is 2.76 bits per heavy atom. The van der Waals surface area contributed by atoms with E-state index in [0.717, 1.165) is 18.9 Å². The van der Waals surface area contributed by atoms with Crippen molar-refractivity contribution < 1.29 is 22.6 Å². The van der Waals surface area contributed by atoms with E-state index < -0.39 is 29.4 Å². The highest BCUT2D eigenvalue weighted by atomic mass is 79.9. The monoisotopic (exact) mass is 485 g/mol. The Bertz CT molecular complexity index is 1120. The molecule has 2 N–H and O–H groups in total. The molecule has 0 aliphatic carbocycles. The zero-order valence-corrected chi connectivity index (χ0v) is 17.3. The smallest absolute Gasteiger partial charge is 0.204 e. The van der Waals surface area contributed by atoms with Gasteiger partial charge in [-0.15, -0.1) is 0 Å². The number of thiocarbonyl (C=S) groups is 1. The molecule has 29 heavy (non-hydrogen) atoms. The second-order valence-electron chi connectivity index (χ2n) is 6.55. The Kier molecular flexibility index (Phi) is 5.50. The number of hydrogen-bond acceptors (Lipinski definition) is 4. The van der Waals surface area contributed by atoms with Crippen molar-refractivity contribution >= 4 is 44.2 Å². The molecule has 0 radical (unpaired) electrons. The summed E-state index contributed by atoms with van der Waals surface area (Å²) < 4.78 is 56.4. The number of aromatic nitrogens is 2. The largest absolute Gasteiger partial charge is 0.453 e. The molecule has 1 aliphatic rings. The lowest BCUT2D eigenvalue weighted by Crippen LogP contribution is -2.18. The number of halogens is 4. The number of hydrogen-bond donors (Lipinski definition) is 1. The summed E-state index contributed by atoms with van der Waals surface area (Å²) in [7, 11) is 0. The molecule has 10 heteroatoms. The predicted molar refractivity (Wildman–Crippen MR) is 109 cm³/mol. The SMILES string of the molecule is NC(=S)c1cc(Oc2c(F)c(F)c3c(ncn3C3CCCCO3)c2Br)ccc1F. The van der Waals surface area contributed by atoms with Crippen molar-refractivity contribution in [2.75, 3.05) is 6.61 Å². The molecule has 1 unspecified atom stereocenters. The van der Waals surface area contributed by atoms with Gasteiger partial charge < -0.3 is 19.8 Å². The maximum absolute atomic E-state index is 15.0. The quantitative estimate of drug-likeness (QED) is 0.399. The molecular formula is C19H15BrF3N3O2S. The van der Waals surface area contributed by atoms with Crippen molar-refractivity contribution in [3.8, 4) is 11.5 Å². The number of rotatable bonds is 4. The van der Waals surface area contributed by atoms with Crippen molar-refractivity contribution in [3.05, 3.63) is 52.0 Å². The second kappa shape index (κ2) is 7.92. The Morgan fingerprint density at radius 2 is 2.07 bits per heavy atom. The molecule has 0 saturated carbocycles. The van der Waals surface area contributed by atoms with Crippen LogP contribution in [0.3, 0.4) is 0 Å². The molecule has 1 atom stereocenters. The number of benzene rings is 2. The summed E-state index contributed by atoms with van der Waals surface area (Å²) in [6, 6.07) is 3.57. The highest BCUT2D eigenvalue weighted by Gasteiger charge is 2.27. The maximum Gasteiger partial charge on any atom is 0.204 e. The van der Waals surface area contributed by atoms with Crippen molar-refractivity contribution in [1.29, 1.82) is 0 Å². The molecule has 1 aliphatic heterocycles. The Balaban J connectivity index is 1.79. The molecule has 0 amide bonds. The van der Waals surface area contributed by atoms with Crippen LogP contribution in [0, 0.1) is 17.5 Å². The topological polar surface area (TPSA) is 62.3 Å². The molecule has 5 nitrogen and oxygen atoms in total. The number of imidazole rings is 1. The Morgan fingerprint density at radius 1 is 1.28 bits per heavy atom. The zero-order chi connectivity index (χ0) is 20.7. The zero-order valence-electron chi connectivity index (χ0n) is 14.9. The normalized spacial score (nSPS) is 16.9. The van der Waals surface area contributed by atoms with E-state index in [-0.39, 0.29) is 31.8 Å². The average Bonchev–Trinajstić information content (AvgIpc) is 3.16. The van der Waals surface area contributed by atoms with Crippen LogP contribution in [0.5, 0.6) is 11.5 Å². The van der Waals surface area contributed by atoms with Crippen molar-refractivity contribution in [3.63, 3.8) is 0 Å². The van der Waals surface area contributed by atoms with Gasteiger partial charge in [-0.2, -0.15) is 4.39 Å². The van der Waals surface area contributed by atoms with Crippen LogP contribution in [-0.4, -0.2) is 21.1 Å². The number of nitrogens with zero attached hydrogens (tertiary/aromatic N) is 2. The molecule has 2 aromatic carbocycles. The predicted octanol–water partition coefficient (Wildman–Crippen LogP) is 5.34. The standard InChI is InChI=1S/C19H15BrF3N3O2S/c20-13-16-17(26(8-25-16)12-3-1-2-6-27-12)14(22)15(23)18(13)28-9-4-5-11(21)10(7-9)19(24)29/h4-5,7-8,12H,1-3,6H2,(H2,24,29). The van der Waals surface area contributed by atoms with Gasteiger partial charge in [-0.3, -0.25) is 0 Å². The van der Waals surface area contributed by atoms with Crippen LogP contribution >= 0.6 is 28.1 Å². The van der Waals surface area contributed by atoms with Crippen LogP contribution in [0.15, 0.2) is 29.0 Å². The van der Waals surface area contributed by atoms with Gasteiger partial charge in [0.1, 0.15) is 33.8 Å². The van der Waals surface area contributed by atoms with E-state index in [0.29, 0.717) is 13.0 Å². The molecular weight excluding hydrogens is 471 g/mol. The first kappa shape index (κ1) is 20.1. The van der Waals surface area contributed by atoms with Crippen LogP contribution in [-0.2, 0) is 4.74 Å². The maximum atomic E-state index is 15.0. The molecule has 3 aromatic rings. The first-order chi connectivity index (χ1) is 13.9. The fourth-order valence-electron chi connectivity index (χ4n) is 3.27. The van der Waals surface area contributed by atoms with E-state index in [1.165, 1.54) is 23.0 Å². The summed E-state index contributed by atoms with van der Waals surface area (Å²) in [5.74, 6) is -3.32. The van der Waals surface area contributed by atoms with Gasteiger partial charge in [-0.25, -0.2) is 13.8 Å². The van der Waals surface area contributed by atoms with Crippen LogP contribution in [0.4, 0.5) is 13.2 Å². The molecule has 2 heterocycles. The Labute approximate surface area is 177 Å². The van der Waals surface area contributed by atoms with Crippen LogP contribution in [0.1, 0.15) is 31.1 Å². The third kappa shape index (κ3) is 3.60. The lowest BCUT2D eigenvalue weighted by Gasteiger charge is -2.24. The number of fused-ring (bicyclic) bond motifs is 1. The summed E-state index contributed by atoms with van der Waals surface area (Å²) in [5, 5.41) is 0. The Hall–Kier alpha value is -2.17. The molecule has 0 bridgehead atoms. The van der Waals surface area contributed by atoms with Gasteiger partial charge in [0.2, 0.25) is 5.82 Å². The van der Waals surface area contributed by atoms with E-state index >= 15 is 0 Å². The molecule has 1 saturated heterocycles. The second-order valence-corrected chi connectivity index (χ2v) is 7.78. The fraction of sp³-hybridized carbons (Fsp3) is 0.263. The van der Waals surface area contributed by atoms with Crippen LogP contribution < -0.4 is 10.5 Å². The van der Waals surface area contributed by atoms with Crippen molar-refractivity contribution in [1.82, 2.24) is 9.55 Å². The first-order valence-corrected chi connectivity index (χ1v) is 10.0. The van der Waals surface area contributed by atoms with Gasteiger partial charge in [0.25, 0.3) is 0 Å². The van der Waals surface area contributed by atoms with E-state index in [4.69, 9.17) is 27.4 Å². The van der Waals surface area contributed by atoms with E-state index in [9.17, 15) is 13.2 Å². The summed E-state index contributed by atoms with van der Waals surface area (Å²) in [6.07, 6.45) is 3.53. The van der Waals surface area contributed by atoms with Crippen LogP contribution in [0.2, 0.25) is 0 Å². The highest BCUT2D eigenvalue weighted by Crippen LogP contribution is 2.41. The molecule has 0 spiro atoms. The molecule has 152 valence electrons. The minimum absolute atomic E-state index is 0.0171. The van der Waals surface area contributed by atoms with Gasteiger partial charge in [0.05, 0.1) is 10.8 Å². The number of ether oxygens (including phenoxy) is 2. The summed E-state index contributed by atoms with van der Waals surface area (Å²) in [4.78, 5) is 4.03. The highest BCUT2D eigenvalue weighted by molar-refractivity contribution is 9.10. The van der Waals surface area contributed by atoms with Gasteiger partial charge in [-0.05, 0) is 53.4 Å². The lowest BCUT2D eigenvalue weighted by molar-refractivity contribution is -0.0297. The third-order valence-corrected chi connectivity index (χ3v) is 5.65. The third-order valence-electron chi connectivity index (χ3n) is 4.69. The minimum Gasteiger partial charge on any atom is -0.453 e. The summed E-state index contributed by atoms with van der Waals surface area (Å²) >= 11 is 8.04. The van der Waals surface area contributed by atoms with Crippen molar-refractivity contribution in [2.24, 2.45) is 5.73 Å². The summed E-state index contributed by atoms with van der Waals surface area (Å²) in [5.41, 5.74) is 5.58. The number of nitrogens with two attached hydrogens (primary N) is 1. The molecule has 1 aromatic heterocycles. The van der Waals surface area contributed by atoms with Gasteiger partial charge in [0, 0.05) is 12.2 Å². The van der Waals surface area contributed by atoms with E-state index in [2.05, 4.69) is 20.9 Å². The minimum atomic E-state index is -1.21. The van der Waals surface area contributed by atoms with Crippen LogP contribution in [0.25, 0.3) is 11.0 Å². The van der Waals surface area contributed by atoms with Gasteiger partial charge >= 0.3 is 0 Å². The van der Waals surface area contributed by atoms with Crippen molar-refractivity contribution in [2.45, 2.75) is 25.5 Å². The molecule has 1 fully saturated rings. The summed E-state index contributed by atoms with van der Waals surface area (Å²) in [6.45, 7) is 0.548.